The van der Waals surface area contributed by atoms with E-state index in [2.05, 4.69) is 5.18 Å². The first-order chi connectivity index (χ1) is 3.66. The van der Waals surface area contributed by atoms with Crippen LogP contribution in [-0.2, 0) is 4.79 Å². The van der Waals surface area contributed by atoms with E-state index in [4.69, 9.17) is 5.11 Å². The number of hydrogen-bond acceptors (Lipinski definition) is 3. The van der Waals surface area contributed by atoms with Crippen molar-refractivity contribution in [1.29, 1.82) is 0 Å². The third kappa shape index (κ3) is 3.27. The summed E-state index contributed by atoms with van der Waals surface area (Å²) >= 11 is 0. The summed E-state index contributed by atoms with van der Waals surface area (Å²) in [7, 11) is 0. The van der Waals surface area contributed by atoms with Crippen molar-refractivity contribution >= 4 is 5.97 Å². The lowest BCUT2D eigenvalue weighted by Crippen LogP contribution is -2.05. The van der Waals surface area contributed by atoms with Crippen molar-refractivity contribution in [2.45, 2.75) is 19.4 Å². The quantitative estimate of drug-likeness (QED) is 0.551. The largest absolute Gasteiger partial charge is 0.481 e. The lowest BCUT2D eigenvalue weighted by molar-refractivity contribution is -0.137. The van der Waals surface area contributed by atoms with Crippen molar-refractivity contribution in [2.24, 2.45) is 5.18 Å². The maximum absolute atomic E-state index is 9.77. The Hall–Kier alpha value is -0.930. The molecular weight excluding hydrogens is 110 g/mol. The highest BCUT2D eigenvalue weighted by atomic mass is 16.4. The van der Waals surface area contributed by atoms with Crippen molar-refractivity contribution < 1.29 is 9.90 Å². The average Bonchev–Trinajstić information content (AvgIpc) is 1.65. The zero-order valence-corrected chi connectivity index (χ0v) is 4.50. The van der Waals surface area contributed by atoms with Gasteiger partial charge in [0.2, 0.25) is 0 Å². The summed E-state index contributed by atoms with van der Waals surface area (Å²) in [5, 5.41) is 10.5. The van der Waals surface area contributed by atoms with Gasteiger partial charge in [0.1, 0.15) is 0 Å². The molecule has 0 aromatic heterocycles. The van der Waals surface area contributed by atoms with Crippen LogP contribution in [0, 0.1) is 4.91 Å². The third-order valence-corrected chi connectivity index (χ3v) is 0.650. The summed E-state index contributed by atoms with van der Waals surface area (Å²) in [6, 6.07) is -0.604. The van der Waals surface area contributed by atoms with Gasteiger partial charge < -0.3 is 5.11 Å². The van der Waals surface area contributed by atoms with Crippen LogP contribution in [-0.4, -0.2) is 17.1 Å². The zero-order valence-electron chi connectivity index (χ0n) is 4.50. The summed E-state index contributed by atoms with van der Waals surface area (Å²) in [4.78, 5) is 19.3. The van der Waals surface area contributed by atoms with Gasteiger partial charge in [-0.15, -0.1) is 0 Å². The average molecular weight is 117 g/mol. The third-order valence-electron chi connectivity index (χ3n) is 0.650. The molecule has 0 amide bonds. The van der Waals surface area contributed by atoms with E-state index < -0.39 is 12.0 Å². The molecule has 46 valence electrons. The first-order valence-electron chi connectivity index (χ1n) is 2.21. The molecule has 0 saturated heterocycles. The topological polar surface area (TPSA) is 66.7 Å². The number of rotatable bonds is 3. The minimum absolute atomic E-state index is 0.177. The van der Waals surface area contributed by atoms with Crippen molar-refractivity contribution in [1.82, 2.24) is 0 Å². The second kappa shape index (κ2) is 3.12. The lowest BCUT2D eigenvalue weighted by Gasteiger charge is -1.92. The molecule has 1 N–H and O–H groups in total. The fourth-order valence-electron chi connectivity index (χ4n) is 0.290. The molecule has 0 heterocycles. The van der Waals surface area contributed by atoms with E-state index in [-0.39, 0.29) is 6.42 Å². The number of nitrogens with zero attached hydrogens (tertiary/aromatic N) is 1. The Bertz CT molecular complexity index is 101. The Morgan fingerprint density at radius 2 is 2.38 bits per heavy atom. The Balaban J connectivity index is 3.38. The molecule has 0 aromatic carbocycles. The molecule has 0 radical (unpaired) electrons. The molecule has 0 bridgehead atoms. The highest BCUT2D eigenvalue weighted by Crippen LogP contribution is 1.93. The Morgan fingerprint density at radius 3 is 2.50 bits per heavy atom. The molecule has 0 rings (SSSR count). The van der Waals surface area contributed by atoms with Crippen LogP contribution in [0.2, 0.25) is 0 Å². The molecule has 0 fully saturated rings. The second-order valence-corrected chi connectivity index (χ2v) is 1.55. The van der Waals surface area contributed by atoms with Crippen LogP contribution in [0.3, 0.4) is 0 Å². The maximum Gasteiger partial charge on any atom is 0.305 e. The molecule has 0 saturated carbocycles. The first kappa shape index (κ1) is 7.07. The Kier molecular flexibility index (Phi) is 2.76. The number of nitroso groups, excluding NO2 is 1. The number of aliphatic carboxylic acids is 1. The lowest BCUT2D eigenvalue weighted by atomic mass is 10.3. The molecular formula is C4H7NO3. The van der Waals surface area contributed by atoms with E-state index in [0.29, 0.717) is 0 Å². The fraction of sp³-hybridized carbons (Fsp3) is 0.750. The van der Waals surface area contributed by atoms with Gasteiger partial charge in [-0.05, 0) is 6.92 Å². The molecule has 0 aliphatic rings. The minimum Gasteiger partial charge on any atom is -0.481 e. The predicted octanol–water partition coefficient (Wildman–Crippen LogP) is 0.616. The molecule has 0 aromatic rings. The second-order valence-electron chi connectivity index (χ2n) is 1.55. The molecule has 0 spiro atoms. The minimum atomic E-state index is -0.989. The highest BCUT2D eigenvalue weighted by Gasteiger charge is 2.04. The summed E-state index contributed by atoms with van der Waals surface area (Å²) in [5.74, 6) is -0.989. The van der Waals surface area contributed by atoms with Gasteiger partial charge in [-0.1, -0.05) is 5.18 Å². The van der Waals surface area contributed by atoms with Gasteiger partial charge in [-0.25, -0.2) is 0 Å². The SMILES string of the molecule is CC(CC(=O)O)N=O. The molecule has 0 aliphatic carbocycles. The van der Waals surface area contributed by atoms with Crippen molar-refractivity contribution in [3.05, 3.63) is 4.91 Å². The number of hydrogen-bond donors (Lipinski definition) is 1. The summed E-state index contributed by atoms with van der Waals surface area (Å²) in [6.45, 7) is 1.46. The molecule has 1 atom stereocenters. The standard InChI is InChI=1S/C4H7NO3/c1-3(5-8)2-4(6)7/h3H,2H2,1H3,(H,6,7). The number of carboxylic acids is 1. The van der Waals surface area contributed by atoms with Crippen LogP contribution in [0.4, 0.5) is 0 Å². The monoisotopic (exact) mass is 117 g/mol. The maximum atomic E-state index is 9.77. The van der Waals surface area contributed by atoms with Crippen LogP contribution in [0.1, 0.15) is 13.3 Å². The van der Waals surface area contributed by atoms with Crippen LogP contribution in [0.25, 0.3) is 0 Å². The number of carbonyl (C=O) groups is 1. The van der Waals surface area contributed by atoms with Crippen molar-refractivity contribution in [2.75, 3.05) is 0 Å². The summed E-state index contributed by atoms with van der Waals surface area (Å²) < 4.78 is 0. The van der Waals surface area contributed by atoms with Gasteiger partial charge in [-0.2, -0.15) is 4.91 Å². The van der Waals surface area contributed by atoms with E-state index in [1.165, 1.54) is 6.92 Å². The van der Waals surface area contributed by atoms with E-state index in [1.54, 1.807) is 0 Å². The van der Waals surface area contributed by atoms with Crippen LogP contribution in [0.15, 0.2) is 5.18 Å². The van der Waals surface area contributed by atoms with Gasteiger partial charge in [0.25, 0.3) is 0 Å². The smallest absolute Gasteiger partial charge is 0.305 e. The van der Waals surface area contributed by atoms with Crippen molar-refractivity contribution in [3.63, 3.8) is 0 Å². The van der Waals surface area contributed by atoms with Crippen LogP contribution < -0.4 is 0 Å². The molecule has 0 aliphatic heterocycles. The van der Waals surface area contributed by atoms with E-state index in [9.17, 15) is 9.70 Å². The van der Waals surface area contributed by atoms with Gasteiger partial charge in [-0.3, -0.25) is 4.79 Å². The molecule has 4 nitrogen and oxygen atoms in total. The Labute approximate surface area is 46.5 Å². The van der Waals surface area contributed by atoms with Gasteiger partial charge >= 0.3 is 5.97 Å². The summed E-state index contributed by atoms with van der Waals surface area (Å²) in [5.41, 5.74) is 0. The van der Waals surface area contributed by atoms with Gasteiger partial charge in [0.15, 0.2) is 0 Å². The normalized spacial score (nSPS) is 12.6. The summed E-state index contributed by atoms with van der Waals surface area (Å²) in [6.07, 6.45) is -0.177. The Morgan fingerprint density at radius 1 is 1.88 bits per heavy atom. The van der Waals surface area contributed by atoms with Crippen LogP contribution >= 0.6 is 0 Å². The predicted molar refractivity (Wildman–Crippen MR) is 27.5 cm³/mol. The fourth-order valence-corrected chi connectivity index (χ4v) is 0.290. The van der Waals surface area contributed by atoms with Gasteiger partial charge in [0, 0.05) is 0 Å². The molecule has 4 heteroatoms. The van der Waals surface area contributed by atoms with Crippen LogP contribution in [0.5, 0.6) is 0 Å². The van der Waals surface area contributed by atoms with Gasteiger partial charge in [0.05, 0.1) is 12.5 Å². The van der Waals surface area contributed by atoms with E-state index in [0.717, 1.165) is 0 Å². The zero-order chi connectivity index (χ0) is 6.57. The van der Waals surface area contributed by atoms with E-state index >= 15 is 0 Å². The first-order valence-corrected chi connectivity index (χ1v) is 2.21. The van der Waals surface area contributed by atoms with E-state index in [1.807, 2.05) is 0 Å². The highest BCUT2D eigenvalue weighted by molar-refractivity contribution is 5.67. The molecule has 8 heavy (non-hydrogen) atoms. The number of carboxylic acid groups (broad SMARTS) is 1. The molecule has 1 unspecified atom stereocenters. The van der Waals surface area contributed by atoms with Crippen molar-refractivity contribution in [3.8, 4) is 0 Å².